The quantitative estimate of drug-likeness (QED) is 0.274. The lowest BCUT2D eigenvalue weighted by Crippen LogP contribution is -2.48. The number of rotatable bonds is 8. The summed E-state index contributed by atoms with van der Waals surface area (Å²) < 4.78 is 25.5. The highest BCUT2D eigenvalue weighted by Crippen LogP contribution is 2.34. The number of carbonyl (C=O) groups is 2. The fraction of sp³-hybridized carbons (Fsp3) is 0.412. The van der Waals surface area contributed by atoms with Gasteiger partial charge >= 0.3 is 6.03 Å². The maximum absolute atomic E-state index is 13.4. The number of likely N-dealkylation sites (tertiary alicyclic amines) is 2. The molecule has 0 bridgehead atoms. The third-order valence-corrected chi connectivity index (χ3v) is 8.04. The Labute approximate surface area is 257 Å². The molecule has 0 saturated carbocycles. The van der Waals surface area contributed by atoms with Crippen molar-refractivity contribution < 1.29 is 33.7 Å². The predicted octanol–water partition coefficient (Wildman–Crippen LogP) is 6.41. The Bertz CT molecular complexity index is 1430. The Morgan fingerprint density at radius 1 is 0.864 bits per heavy atom. The molecular weight excluding hydrogens is 565 g/mol. The highest BCUT2D eigenvalue weighted by atomic mass is 19.1. The smallest absolute Gasteiger partial charge is 0.321 e. The number of aliphatic hydroxyl groups is 2. The van der Waals surface area contributed by atoms with E-state index < -0.39 is 5.60 Å². The minimum atomic E-state index is -0.759. The summed E-state index contributed by atoms with van der Waals surface area (Å²) >= 11 is 0. The summed E-state index contributed by atoms with van der Waals surface area (Å²) in [5.74, 6) is 1.53. The Balaban J connectivity index is 1.30. The zero-order chi connectivity index (χ0) is 31.3. The molecule has 3 N–H and O–H groups in total. The number of urea groups is 1. The summed E-state index contributed by atoms with van der Waals surface area (Å²) in [5, 5.41) is 23.5. The molecule has 0 aromatic heterocycles. The van der Waals surface area contributed by atoms with Gasteiger partial charge in [0.05, 0.1) is 11.7 Å². The number of nitrogens with one attached hydrogen (secondary N) is 1. The van der Waals surface area contributed by atoms with Crippen LogP contribution in [0.25, 0.3) is 0 Å². The van der Waals surface area contributed by atoms with Gasteiger partial charge in [-0.25, -0.2) is 9.18 Å². The number of hydrogen-bond acceptors (Lipinski definition) is 6. The molecule has 2 aliphatic heterocycles. The van der Waals surface area contributed by atoms with Crippen LogP contribution in [-0.4, -0.2) is 69.8 Å². The summed E-state index contributed by atoms with van der Waals surface area (Å²) in [7, 11) is 0. The van der Waals surface area contributed by atoms with Gasteiger partial charge in [0.1, 0.15) is 28.8 Å². The van der Waals surface area contributed by atoms with Crippen LogP contribution in [0.5, 0.6) is 23.0 Å². The number of nitrogens with zero attached hydrogens (tertiary/aromatic N) is 2. The Morgan fingerprint density at radius 2 is 1.41 bits per heavy atom. The van der Waals surface area contributed by atoms with Crippen LogP contribution in [0.1, 0.15) is 56.3 Å². The van der Waals surface area contributed by atoms with Crippen LogP contribution in [0.4, 0.5) is 14.9 Å². The summed E-state index contributed by atoms with van der Waals surface area (Å²) in [6.45, 7) is 6.07. The van der Waals surface area contributed by atoms with Crippen LogP contribution in [0, 0.1) is 11.7 Å². The molecule has 3 amide bonds. The number of ether oxygens (including phenoxy) is 2. The van der Waals surface area contributed by atoms with Gasteiger partial charge in [0.25, 0.3) is 5.91 Å². The van der Waals surface area contributed by atoms with Gasteiger partial charge in [-0.15, -0.1) is 0 Å². The van der Waals surface area contributed by atoms with Crippen LogP contribution >= 0.6 is 0 Å². The number of hydrogen-bond donors (Lipinski definition) is 3. The largest absolute Gasteiger partial charge is 0.457 e. The second kappa shape index (κ2) is 13.7. The maximum atomic E-state index is 13.4. The number of aliphatic hydroxyl groups excluding tert-OH is 1. The van der Waals surface area contributed by atoms with Crippen molar-refractivity contribution in [1.29, 1.82) is 0 Å². The van der Waals surface area contributed by atoms with Crippen LogP contribution in [0.3, 0.4) is 0 Å². The van der Waals surface area contributed by atoms with Crippen LogP contribution < -0.4 is 14.8 Å². The van der Waals surface area contributed by atoms with Gasteiger partial charge in [0.2, 0.25) is 0 Å². The van der Waals surface area contributed by atoms with E-state index in [0.717, 1.165) is 0 Å². The summed E-state index contributed by atoms with van der Waals surface area (Å²) in [6, 6.07) is 17.1. The molecule has 10 heteroatoms. The van der Waals surface area contributed by atoms with Gasteiger partial charge in [0.15, 0.2) is 0 Å². The fourth-order valence-electron chi connectivity index (χ4n) is 5.75. The van der Waals surface area contributed by atoms with Crippen LogP contribution in [0.2, 0.25) is 0 Å². The van der Waals surface area contributed by atoms with E-state index in [0.29, 0.717) is 98.4 Å². The van der Waals surface area contributed by atoms with Crippen molar-refractivity contribution >= 4 is 17.6 Å². The van der Waals surface area contributed by atoms with E-state index in [9.17, 15) is 24.2 Å². The molecular formula is C34H40FN3O6. The molecule has 0 spiro atoms. The first-order chi connectivity index (χ1) is 21.0. The molecule has 0 unspecified atom stereocenters. The Kier molecular flexibility index (Phi) is 9.71. The lowest BCUT2D eigenvalue weighted by Gasteiger charge is -2.39. The summed E-state index contributed by atoms with van der Waals surface area (Å²) in [6.07, 6.45) is 2.50. The molecule has 0 aliphatic carbocycles. The molecule has 2 heterocycles. The number of amides is 3. The number of piperidine rings is 2. The minimum absolute atomic E-state index is 0.0940. The molecule has 2 saturated heterocycles. The number of carbonyl (C=O) groups excluding carboxylic acids is 2. The third-order valence-electron chi connectivity index (χ3n) is 8.04. The average Bonchev–Trinajstić information content (AvgIpc) is 2.98. The molecule has 234 valence electrons. The number of benzene rings is 3. The van der Waals surface area contributed by atoms with Gasteiger partial charge in [-0.1, -0.05) is 13.8 Å². The molecule has 5 rings (SSSR count). The van der Waals surface area contributed by atoms with E-state index in [1.165, 1.54) is 24.3 Å². The topological polar surface area (TPSA) is 112 Å². The van der Waals surface area contributed by atoms with Crippen molar-refractivity contribution in [3.8, 4) is 23.0 Å². The van der Waals surface area contributed by atoms with Crippen molar-refractivity contribution in [2.75, 3.05) is 31.5 Å². The zero-order valence-corrected chi connectivity index (χ0v) is 25.2. The average molecular weight is 606 g/mol. The molecule has 3 aromatic carbocycles. The molecule has 9 nitrogen and oxygen atoms in total. The Morgan fingerprint density at radius 3 is 1.95 bits per heavy atom. The molecule has 3 aromatic rings. The van der Waals surface area contributed by atoms with Crippen molar-refractivity contribution in [2.24, 2.45) is 5.92 Å². The minimum Gasteiger partial charge on any atom is -0.457 e. The monoisotopic (exact) mass is 605 g/mol. The van der Waals surface area contributed by atoms with Crippen LogP contribution in [0.15, 0.2) is 66.7 Å². The first-order valence-corrected chi connectivity index (χ1v) is 15.2. The van der Waals surface area contributed by atoms with E-state index in [1.54, 1.807) is 52.3 Å². The summed E-state index contributed by atoms with van der Waals surface area (Å²) in [5.41, 5.74) is 0.203. The molecule has 2 aliphatic rings. The van der Waals surface area contributed by atoms with Crippen molar-refractivity contribution in [3.05, 3.63) is 78.1 Å². The second-order valence-corrected chi connectivity index (χ2v) is 12.1. The molecule has 44 heavy (non-hydrogen) atoms. The van der Waals surface area contributed by atoms with Gasteiger partial charge < -0.3 is 34.8 Å². The van der Waals surface area contributed by atoms with E-state index in [4.69, 9.17) is 9.47 Å². The summed E-state index contributed by atoms with van der Waals surface area (Å²) in [4.78, 5) is 29.5. The third kappa shape index (κ3) is 8.27. The van der Waals surface area contributed by atoms with Gasteiger partial charge in [0, 0.05) is 55.6 Å². The first kappa shape index (κ1) is 31.3. The van der Waals surface area contributed by atoms with Crippen molar-refractivity contribution in [1.82, 2.24) is 9.80 Å². The van der Waals surface area contributed by atoms with Crippen molar-refractivity contribution in [3.63, 3.8) is 0 Å². The van der Waals surface area contributed by atoms with E-state index in [-0.39, 0.29) is 23.9 Å². The van der Waals surface area contributed by atoms with E-state index in [1.807, 2.05) is 0 Å². The first-order valence-electron chi connectivity index (χ1n) is 15.2. The normalized spacial score (nSPS) is 17.0. The van der Waals surface area contributed by atoms with E-state index >= 15 is 0 Å². The lowest BCUT2D eigenvalue weighted by molar-refractivity contribution is -0.0268. The Hall–Kier alpha value is -4.15. The molecule has 0 atom stereocenters. The van der Waals surface area contributed by atoms with Gasteiger partial charge in [-0.05, 0) is 86.6 Å². The number of halogens is 1. The molecule has 2 fully saturated rings. The zero-order valence-electron chi connectivity index (χ0n) is 25.2. The van der Waals surface area contributed by atoms with Gasteiger partial charge in [-0.3, -0.25) is 4.79 Å². The highest BCUT2D eigenvalue weighted by Gasteiger charge is 2.34. The highest BCUT2D eigenvalue weighted by molar-refractivity contribution is 5.94. The second-order valence-electron chi connectivity index (χ2n) is 12.1. The lowest BCUT2D eigenvalue weighted by atomic mass is 9.84. The van der Waals surface area contributed by atoms with Crippen molar-refractivity contribution in [2.45, 2.75) is 57.7 Å². The van der Waals surface area contributed by atoms with Crippen LogP contribution in [-0.2, 0) is 0 Å². The van der Waals surface area contributed by atoms with E-state index in [2.05, 4.69) is 19.2 Å². The maximum Gasteiger partial charge on any atom is 0.321 e. The SMILES string of the molecule is CC(C)CC1(O)CCN(C(=O)Nc2cc(Oc3ccc(F)cc3)cc(Oc3ccc(C(=O)N4CCC(O)CC4)cc3)c2)CC1. The number of anilines is 1. The fourth-order valence-corrected chi connectivity index (χ4v) is 5.75. The standard InChI is InChI=1S/C34H40FN3O6/c1-23(2)22-34(42)13-17-38(18-14-34)33(41)36-26-19-30(21-31(20-26)44-29-9-5-25(35)6-10-29)43-28-7-3-24(4-8-28)32(40)37-15-11-27(39)12-16-37/h3-10,19-21,23,27,39,42H,11-18,22H2,1-2H3,(H,36,41). The molecule has 0 radical (unpaired) electrons. The predicted molar refractivity (Wildman–Crippen MR) is 165 cm³/mol. The van der Waals surface area contributed by atoms with Gasteiger partial charge in [-0.2, -0.15) is 0 Å².